The summed E-state index contributed by atoms with van der Waals surface area (Å²) in [5.41, 5.74) is -0.182. The van der Waals surface area contributed by atoms with Crippen LogP contribution < -0.4 is 0 Å². The third-order valence-corrected chi connectivity index (χ3v) is 6.20. The molecule has 2 fully saturated rings. The fourth-order valence-corrected chi connectivity index (χ4v) is 5.01. The third kappa shape index (κ3) is 3.20. The molecule has 2 aromatic rings. The smallest absolute Gasteiger partial charge is 0.314 e. The fraction of sp³-hybridized carbons (Fsp3) is 0.391. The normalized spacial score (nSPS) is 25.3. The average Bonchev–Trinajstić information content (AvgIpc) is 3.27. The first-order chi connectivity index (χ1) is 14.0. The molecule has 0 radical (unpaired) electrons. The number of ether oxygens (including phenoxy) is 1. The number of hydrogen-bond donors (Lipinski definition) is 0. The van der Waals surface area contributed by atoms with Gasteiger partial charge < -0.3 is 9.64 Å². The summed E-state index contributed by atoms with van der Waals surface area (Å²) in [7, 11) is 0. The summed E-state index contributed by atoms with van der Waals surface area (Å²) in [6.45, 7) is 2.01. The Bertz CT molecular complexity index is 933. The van der Waals surface area contributed by atoms with E-state index in [4.69, 9.17) is 4.74 Å². The summed E-state index contributed by atoms with van der Waals surface area (Å²) in [6.07, 6.45) is 2.29. The Morgan fingerprint density at radius 1 is 1.10 bits per heavy atom. The number of amides is 1. The Kier molecular flexibility index (Phi) is 5.11. The van der Waals surface area contributed by atoms with Crippen molar-refractivity contribution in [1.82, 2.24) is 4.90 Å². The van der Waals surface area contributed by atoms with Crippen molar-refractivity contribution in [2.45, 2.75) is 44.7 Å². The monoisotopic (exact) mass is 399 g/mol. The number of carbonyl (C=O) groups excluding carboxylic acids is 2. The molecule has 2 aliphatic rings. The van der Waals surface area contributed by atoms with E-state index in [1.807, 2.05) is 30.3 Å². The SMILES string of the molecule is CCOC(=O)[C@@]1(Cc2ccccc2)C[C@H]2CC[C@@H]1N2C(=O)c1cccc(F)c1F. The van der Waals surface area contributed by atoms with Crippen LogP contribution in [0.4, 0.5) is 8.78 Å². The summed E-state index contributed by atoms with van der Waals surface area (Å²) < 4.78 is 33.4. The van der Waals surface area contributed by atoms with Crippen LogP contribution in [0.2, 0.25) is 0 Å². The molecule has 1 amide bonds. The predicted octanol–water partition coefficient (Wildman–Crippen LogP) is 4.13. The molecule has 29 heavy (non-hydrogen) atoms. The van der Waals surface area contributed by atoms with Crippen molar-refractivity contribution in [3.63, 3.8) is 0 Å². The zero-order valence-corrected chi connectivity index (χ0v) is 16.2. The van der Waals surface area contributed by atoms with Gasteiger partial charge in [-0.3, -0.25) is 9.59 Å². The van der Waals surface area contributed by atoms with Gasteiger partial charge in [0, 0.05) is 12.1 Å². The molecule has 152 valence electrons. The molecular formula is C23H23F2NO3. The van der Waals surface area contributed by atoms with E-state index in [1.54, 1.807) is 11.8 Å². The first-order valence-electron chi connectivity index (χ1n) is 9.95. The lowest BCUT2D eigenvalue weighted by molar-refractivity contribution is -0.157. The summed E-state index contributed by atoms with van der Waals surface area (Å²) in [4.78, 5) is 27.9. The Morgan fingerprint density at radius 3 is 2.59 bits per heavy atom. The maximum atomic E-state index is 14.3. The predicted molar refractivity (Wildman–Crippen MR) is 103 cm³/mol. The summed E-state index contributed by atoms with van der Waals surface area (Å²) >= 11 is 0. The highest BCUT2D eigenvalue weighted by Crippen LogP contribution is 2.52. The third-order valence-electron chi connectivity index (χ3n) is 6.20. The molecule has 4 rings (SSSR count). The van der Waals surface area contributed by atoms with Crippen molar-refractivity contribution in [2.24, 2.45) is 5.41 Å². The van der Waals surface area contributed by atoms with Gasteiger partial charge in [-0.2, -0.15) is 0 Å². The molecule has 2 saturated heterocycles. The number of fused-ring (bicyclic) bond motifs is 2. The molecule has 4 nitrogen and oxygen atoms in total. The number of esters is 1. The topological polar surface area (TPSA) is 46.6 Å². The zero-order chi connectivity index (χ0) is 20.6. The number of benzene rings is 2. The molecule has 2 bridgehead atoms. The van der Waals surface area contributed by atoms with Crippen molar-refractivity contribution < 1.29 is 23.1 Å². The Hall–Kier alpha value is -2.76. The van der Waals surface area contributed by atoms with Crippen molar-refractivity contribution >= 4 is 11.9 Å². The van der Waals surface area contributed by atoms with Gasteiger partial charge in [-0.15, -0.1) is 0 Å². The van der Waals surface area contributed by atoms with Gasteiger partial charge in [0.25, 0.3) is 5.91 Å². The lowest BCUT2D eigenvalue weighted by Gasteiger charge is -2.35. The van der Waals surface area contributed by atoms with Crippen LogP contribution in [0.5, 0.6) is 0 Å². The molecule has 2 aromatic carbocycles. The van der Waals surface area contributed by atoms with E-state index in [2.05, 4.69) is 0 Å². The van der Waals surface area contributed by atoms with Crippen LogP contribution in [-0.2, 0) is 16.0 Å². The average molecular weight is 399 g/mol. The minimum absolute atomic E-state index is 0.191. The minimum Gasteiger partial charge on any atom is -0.465 e. The number of nitrogens with zero attached hydrogens (tertiary/aromatic N) is 1. The molecule has 0 aliphatic carbocycles. The number of halogens is 2. The van der Waals surface area contributed by atoms with Gasteiger partial charge in [-0.1, -0.05) is 36.4 Å². The molecule has 0 saturated carbocycles. The van der Waals surface area contributed by atoms with Crippen LogP contribution in [-0.4, -0.2) is 35.5 Å². The standard InChI is InChI=1S/C23H23F2NO3/c1-2-29-22(28)23(13-15-7-4-3-5-8-15)14-16-11-12-19(23)26(16)21(27)17-9-6-10-18(24)20(17)25/h3-10,16,19H,2,11-14H2,1H3/t16-,19+,23+/m1/s1. The molecule has 0 unspecified atom stereocenters. The lowest BCUT2D eigenvalue weighted by atomic mass is 9.70. The van der Waals surface area contributed by atoms with E-state index in [0.29, 0.717) is 19.3 Å². The molecule has 0 N–H and O–H groups in total. The second-order valence-electron chi connectivity index (χ2n) is 7.80. The Labute approximate surface area is 168 Å². The van der Waals surface area contributed by atoms with Crippen LogP contribution in [0.25, 0.3) is 0 Å². The van der Waals surface area contributed by atoms with Crippen LogP contribution >= 0.6 is 0 Å². The number of carbonyl (C=O) groups is 2. The Balaban J connectivity index is 1.71. The van der Waals surface area contributed by atoms with E-state index >= 15 is 0 Å². The summed E-state index contributed by atoms with van der Waals surface area (Å²) in [5.74, 6) is -3.08. The fourth-order valence-electron chi connectivity index (χ4n) is 5.01. The van der Waals surface area contributed by atoms with E-state index in [9.17, 15) is 18.4 Å². The maximum Gasteiger partial charge on any atom is 0.314 e. The number of rotatable bonds is 5. The highest BCUT2D eigenvalue weighted by atomic mass is 19.2. The molecule has 0 spiro atoms. The molecular weight excluding hydrogens is 376 g/mol. The quantitative estimate of drug-likeness (QED) is 0.710. The maximum absolute atomic E-state index is 14.3. The van der Waals surface area contributed by atoms with Gasteiger partial charge in [0.1, 0.15) is 0 Å². The lowest BCUT2D eigenvalue weighted by Crippen LogP contribution is -2.47. The second-order valence-corrected chi connectivity index (χ2v) is 7.80. The van der Waals surface area contributed by atoms with Crippen LogP contribution in [0.15, 0.2) is 48.5 Å². The minimum atomic E-state index is -1.14. The molecule has 2 heterocycles. The Morgan fingerprint density at radius 2 is 1.86 bits per heavy atom. The van der Waals surface area contributed by atoms with Gasteiger partial charge in [-0.05, 0) is 50.3 Å². The van der Waals surface area contributed by atoms with Gasteiger partial charge in [0.2, 0.25) is 0 Å². The van der Waals surface area contributed by atoms with Crippen molar-refractivity contribution in [3.05, 3.63) is 71.3 Å². The van der Waals surface area contributed by atoms with Gasteiger partial charge >= 0.3 is 5.97 Å². The van der Waals surface area contributed by atoms with Crippen molar-refractivity contribution in [2.75, 3.05) is 6.61 Å². The largest absolute Gasteiger partial charge is 0.465 e. The first-order valence-corrected chi connectivity index (χ1v) is 9.95. The molecule has 0 aromatic heterocycles. The first kappa shape index (κ1) is 19.6. The summed E-state index contributed by atoms with van der Waals surface area (Å²) in [5, 5.41) is 0. The van der Waals surface area contributed by atoms with Gasteiger partial charge in [0.15, 0.2) is 11.6 Å². The highest BCUT2D eigenvalue weighted by molar-refractivity contribution is 5.96. The molecule has 2 aliphatic heterocycles. The van der Waals surface area contributed by atoms with Gasteiger partial charge in [0.05, 0.1) is 17.6 Å². The highest BCUT2D eigenvalue weighted by Gasteiger charge is 2.62. The van der Waals surface area contributed by atoms with E-state index in [-0.39, 0.29) is 24.2 Å². The van der Waals surface area contributed by atoms with E-state index in [0.717, 1.165) is 18.1 Å². The van der Waals surface area contributed by atoms with Crippen molar-refractivity contribution in [3.8, 4) is 0 Å². The van der Waals surface area contributed by atoms with E-state index < -0.39 is 29.0 Å². The molecule has 6 heteroatoms. The van der Waals surface area contributed by atoms with Crippen LogP contribution in [0, 0.1) is 17.0 Å². The van der Waals surface area contributed by atoms with Gasteiger partial charge in [-0.25, -0.2) is 8.78 Å². The van der Waals surface area contributed by atoms with E-state index in [1.165, 1.54) is 12.1 Å². The van der Waals surface area contributed by atoms with Crippen LogP contribution in [0.1, 0.15) is 42.1 Å². The van der Waals surface area contributed by atoms with Crippen molar-refractivity contribution in [1.29, 1.82) is 0 Å². The van der Waals surface area contributed by atoms with Crippen LogP contribution in [0.3, 0.4) is 0 Å². The summed E-state index contributed by atoms with van der Waals surface area (Å²) in [6, 6.07) is 12.6. The second kappa shape index (κ2) is 7.58. The molecule has 3 atom stereocenters. The zero-order valence-electron chi connectivity index (χ0n) is 16.2. The number of hydrogen-bond acceptors (Lipinski definition) is 3.